The normalized spacial score (nSPS) is 25.9. The molecule has 1 atom stereocenters. The van der Waals surface area contributed by atoms with E-state index in [9.17, 15) is 0 Å². The molecule has 1 saturated heterocycles. The van der Waals surface area contributed by atoms with Gasteiger partial charge in [-0.3, -0.25) is 0 Å². The molecule has 3 rings (SSSR count). The summed E-state index contributed by atoms with van der Waals surface area (Å²) in [5, 5.41) is 7.40. The van der Waals surface area contributed by atoms with Gasteiger partial charge >= 0.3 is 0 Å². The van der Waals surface area contributed by atoms with E-state index in [1.54, 1.807) is 0 Å². The first-order valence-corrected chi connectivity index (χ1v) is 6.00. The van der Waals surface area contributed by atoms with Crippen LogP contribution in [-0.2, 0) is 0 Å². The Morgan fingerprint density at radius 1 is 1.12 bits per heavy atom. The van der Waals surface area contributed by atoms with E-state index in [1.165, 1.54) is 32.1 Å². The van der Waals surface area contributed by atoms with E-state index in [0.29, 0.717) is 12.0 Å². The summed E-state index contributed by atoms with van der Waals surface area (Å²) in [7, 11) is 0. The lowest BCUT2D eigenvalue weighted by atomic mass is 9.89. The molecule has 0 bridgehead atoms. The number of aromatic nitrogens is 2. The maximum absolute atomic E-state index is 5.30. The average Bonchev–Trinajstić information content (AvgIpc) is 2.66. The fraction of sp³-hybridized carbons (Fsp3) is 0.818. The molecular formula is C11H18ClN3O. The SMILES string of the molecule is C1CCC(c2noc([C@H]3CCN3)n2)CC1.Cl. The minimum Gasteiger partial charge on any atom is -0.338 e. The van der Waals surface area contributed by atoms with E-state index in [2.05, 4.69) is 15.5 Å². The van der Waals surface area contributed by atoms with Crippen LogP contribution in [0.5, 0.6) is 0 Å². The molecule has 1 N–H and O–H groups in total. The highest BCUT2D eigenvalue weighted by Gasteiger charge is 2.27. The highest BCUT2D eigenvalue weighted by atomic mass is 35.5. The van der Waals surface area contributed by atoms with E-state index in [-0.39, 0.29) is 12.4 Å². The Hall–Kier alpha value is -0.610. The molecule has 1 aliphatic carbocycles. The van der Waals surface area contributed by atoms with Crippen molar-refractivity contribution in [3.8, 4) is 0 Å². The summed E-state index contributed by atoms with van der Waals surface area (Å²) in [6.07, 6.45) is 7.60. The molecule has 0 unspecified atom stereocenters. The summed E-state index contributed by atoms with van der Waals surface area (Å²) in [6.45, 7) is 1.08. The third-order valence-corrected chi connectivity index (χ3v) is 3.55. The Labute approximate surface area is 102 Å². The van der Waals surface area contributed by atoms with E-state index in [1.807, 2.05) is 0 Å². The summed E-state index contributed by atoms with van der Waals surface area (Å²) >= 11 is 0. The average molecular weight is 244 g/mol. The highest BCUT2D eigenvalue weighted by Crippen LogP contribution is 2.32. The summed E-state index contributed by atoms with van der Waals surface area (Å²) in [5.41, 5.74) is 0. The number of halogens is 1. The molecule has 0 aromatic carbocycles. The Morgan fingerprint density at radius 2 is 1.88 bits per heavy atom. The topological polar surface area (TPSA) is 51.0 Å². The minimum absolute atomic E-state index is 0. The van der Waals surface area contributed by atoms with Crippen molar-refractivity contribution < 1.29 is 4.52 Å². The summed E-state index contributed by atoms with van der Waals surface area (Å²) in [4.78, 5) is 4.52. The number of nitrogens with zero attached hydrogens (tertiary/aromatic N) is 2. The van der Waals surface area contributed by atoms with Crippen molar-refractivity contribution in [1.82, 2.24) is 15.5 Å². The third-order valence-electron chi connectivity index (χ3n) is 3.55. The molecule has 2 fully saturated rings. The summed E-state index contributed by atoms with van der Waals surface area (Å²) in [6, 6.07) is 0.329. The Balaban J connectivity index is 0.000000963. The van der Waals surface area contributed by atoms with Crippen molar-refractivity contribution in [2.24, 2.45) is 0 Å². The Morgan fingerprint density at radius 3 is 2.50 bits per heavy atom. The van der Waals surface area contributed by atoms with Crippen molar-refractivity contribution in [2.45, 2.75) is 50.5 Å². The van der Waals surface area contributed by atoms with Gasteiger partial charge in [0.2, 0.25) is 5.89 Å². The first-order chi connectivity index (χ1) is 7.43. The van der Waals surface area contributed by atoms with Gasteiger partial charge in [-0.2, -0.15) is 4.98 Å². The zero-order chi connectivity index (χ0) is 10.1. The van der Waals surface area contributed by atoms with Crippen LogP contribution >= 0.6 is 12.4 Å². The van der Waals surface area contributed by atoms with Crippen LogP contribution in [0.3, 0.4) is 0 Å². The van der Waals surface area contributed by atoms with E-state index >= 15 is 0 Å². The van der Waals surface area contributed by atoms with Crippen LogP contribution in [0.1, 0.15) is 62.2 Å². The first-order valence-electron chi connectivity index (χ1n) is 6.00. The highest BCUT2D eigenvalue weighted by molar-refractivity contribution is 5.85. The smallest absolute Gasteiger partial charge is 0.243 e. The van der Waals surface area contributed by atoms with Crippen LogP contribution < -0.4 is 5.32 Å². The molecule has 1 aromatic rings. The number of rotatable bonds is 2. The predicted octanol–water partition coefficient (Wildman–Crippen LogP) is 2.57. The molecule has 16 heavy (non-hydrogen) atoms. The van der Waals surface area contributed by atoms with Gasteiger partial charge in [-0.15, -0.1) is 12.4 Å². The Kier molecular flexibility index (Phi) is 3.82. The van der Waals surface area contributed by atoms with Crippen LogP contribution in [0.15, 0.2) is 4.52 Å². The van der Waals surface area contributed by atoms with Crippen molar-refractivity contribution in [1.29, 1.82) is 0 Å². The fourth-order valence-electron chi connectivity index (χ4n) is 2.41. The number of hydrogen-bond acceptors (Lipinski definition) is 4. The van der Waals surface area contributed by atoms with Gasteiger partial charge in [0.1, 0.15) is 0 Å². The molecule has 1 aromatic heterocycles. The lowest BCUT2D eigenvalue weighted by Gasteiger charge is -2.23. The zero-order valence-corrected chi connectivity index (χ0v) is 10.1. The zero-order valence-electron chi connectivity index (χ0n) is 9.32. The van der Waals surface area contributed by atoms with Crippen molar-refractivity contribution in [2.75, 3.05) is 6.54 Å². The maximum Gasteiger partial charge on any atom is 0.243 e. The van der Waals surface area contributed by atoms with E-state index in [0.717, 1.165) is 24.7 Å². The lowest BCUT2D eigenvalue weighted by Crippen LogP contribution is -2.35. The molecule has 5 heteroatoms. The van der Waals surface area contributed by atoms with Crippen LogP contribution in [0.4, 0.5) is 0 Å². The molecule has 0 amide bonds. The van der Waals surface area contributed by atoms with Crippen molar-refractivity contribution >= 4 is 12.4 Å². The van der Waals surface area contributed by atoms with Crippen LogP contribution in [0.25, 0.3) is 0 Å². The van der Waals surface area contributed by atoms with Gasteiger partial charge in [-0.25, -0.2) is 0 Å². The molecule has 90 valence electrons. The van der Waals surface area contributed by atoms with Crippen molar-refractivity contribution in [3.63, 3.8) is 0 Å². The van der Waals surface area contributed by atoms with Gasteiger partial charge in [-0.1, -0.05) is 24.4 Å². The molecule has 2 aliphatic rings. The lowest BCUT2D eigenvalue weighted by molar-refractivity contribution is 0.271. The maximum atomic E-state index is 5.30. The van der Waals surface area contributed by atoms with E-state index in [4.69, 9.17) is 4.52 Å². The summed E-state index contributed by atoms with van der Waals surface area (Å²) in [5.74, 6) is 2.29. The van der Waals surface area contributed by atoms with Crippen LogP contribution in [-0.4, -0.2) is 16.7 Å². The fourth-order valence-corrected chi connectivity index (χ4v) is 2.41. The number of hydrogen-bond donors (Lipinski definition) is 1. The molecule has 0 radical (unpaired) electrons. The van der Waals surface area contributed by atoms with Gasteiger partial charge < -0.3 is 9.84 Å². The second-order valence-electron chi connectivity index (χ2n) is 4.62. The van der Waals surface area contributed by atoms with Crippen molar-refractivity contribution in [3.05, 3.63) is 11.7 Å². The molecule has 1 saturated carbocycles. The molecule has 0 spiro atoms. The molecular weight excluding hydrogens is 226 g/mol. The Bertz CT molecular complexity index is 332. The van der Waals surface area contributed by atoms with Crippen LogP contribution in [0.2, 0.25) is 0 Å². The summed E-state index contributed by atoms with van der Waals surface area (Å²) < 4.78 is 5.30. The third kappa shape index (κ3) is 2.23. The largest absolute Gasteiger partial charge is 0.338 e. The quantitative estimate of drug-likeness (QED) is 0.868. The minimum atomic E-state index is 0. The van der Waals surface area contributed by atoms with Gasteiger partial charge in [-0.05, 0) is 25.8 Å². The van der Waals surface area contributed by atoms with Gasteiger partial charge in [0, 0.05) is 5.92 Å². The molecule has 4 nitrogen and oxygen atoms in total. The predicted molar refractivity (Wildman–Crippen MR) is 62.7 cm³/mol. The molecule has 1 aliphatic heterocycles. The molecule has 2 heterocycles. The van der Waals surface area contributed by atoms with Gasteiger partial charge in [0.25, 0.3) is 0 Å². The monoisotopic (exact) mass is 243 g/mol. The van der Waals surface area contributed by atoms with Gasteiger partial charge in [0.15, 0.2) is 5.82 Å². The second kappa shape index (κ2) is 5.15. The second-order valence-corrected chi connectivity index (χ2v) is 4.62. The van der Waals surface area contributed by atoms with E-state index < -0.39 is 0 Å². The van der Waals surface area contributed by atoms with Gasteiger partial charge in [0.05, 0.1) is 6.04 Å². The number of nitrogens with one attached hydrogen (secondary N) is 1. The standard InChI is InChI=1S/C11H17N3O.ClH/c1-2-4-8(5-3-1)10-13-11(15-14-10)9-6-7-12-9;/h8-9,12H,1-7H2;1H/t9-;/m1./s1. The van der Waals surface area contributed by atoms with Crippen LogP contribution in [0, 0.1) is 0 Å². The first kappa shape index (κ1) is 11.9.